The molecule has 0 spiro atoms. The Morgan fingerprint density at radius 3 is 2.35 bits per heavy atom. The minimum atomic E-state index is -4.50. The van der Waals surface area contributed by atoms with Crippen molar-refractivity contribution in [2.45, 2.75) is 17.6 Å². The lowest BCUT2D eigenvalue weighted by Gasteiger charge is -2.10. The van der Waals surface area contributed by atoms with Crippen LogP contribution < -0.4 is 10.0 Å². The molecule has 164 valence electrons. The molecule has 8 nitrogen and oxygen atoms in total. The van der Waals surface area contributed by atoms with Crippen LogP contribution >= 0.6 is 0 Å². The monoisotopic (exact) mass is 455 g/mol. The average molecular weight is 455 g/mol. The minimum absolute atomic E-state index is 0.230. The summed E-state index contributed by atoms with van der Waals surface area (Å²) in [6.07, 6.45) is -4.15. The normalized spacial score (nSPS) is 11.9. The van der Waals surface area contributed by atoms with Crippen LogP contribution in [0.15, 0.2) is 59.6 Å². The highest BCUT2D eigenvalue weighted by Gasteiger charge is 2.30. The van der Waals surface area contributed by atoms with E-state index in [1.54, 1.807) is 10.8 Å². The molecule has 0 aliphatic carbocycles. The zero-order chi connectivity index (χ0) is 22.8. The van der Waals surface area contributed by atoms with Gasteiger partial charge in [0.25, 0.3) is 10.0 Å². The number of fused-ring (bicyclic) bond motifs is 1. The van der Waals surface area contributed by atoms with Crippen molar-refractivity contribution in [2.24, 2.45) is 0 Å². The van der Waals surface area contributed by atoms with E-state index in [2.05, 4.69) is 10.1 Å². The molecule has 0 bridgehead atoms. The van der Waals surface area contributed by atoms with E-state index in [0.717, 1.165) is 19.2 Å². The molecule has 0 radical (unpaired) electrons. The molecule has 31 heavy (non-hydrogen) atoms. The van der Waals surface area contributed by atoms with Gasteiger partial charge in [0.2, 0.25) is 5.91 Å². The van der Waals surface area contributed by atoms with Gasteiger partial charge in [0.1, 0.15) is 6.54 Å². The van der Waals surface area contributed by atoms with E-state index in [9.17, 15) is 31.2 Å². The molecule has 3 rings (SSSR count). The van der Waals surface area contributed by atoms with Crippen molar-refractivity contribution >= 4 is 38.6 Å². The van der Waals surface area contributed by atoms with Gasteiger partial charge in [-0.15, -0.1) is 0 Å². The van der Waals surface area contributed by atoms with Crippen molar-refractivity contribution in [1.82, 2.24) is 9.29 Å². The van der Waals surface area contributed by atoms with Crippen LogP contribution in [0.25, 0.3) is 10.9 Å². The topological polar surface area (TPSA) is 106 Å². The highest BCUT2D eigenvalue weighted by molar-refractivity contribution is 7.90. The molecule has 0 atom stereocenters. The Kier molecular flexibility index (Phi) is 5.93. The van der Waals surface area contributed by atoms with Crippen LogP contribution in [0.1, 0.15) is 5.56 Å². The van der Waals surface area contributed by atoms with Gasteiger partial charge in [-0.3, -0.25) is 4.79 Å². The van der Waals surface area contributed by atoms with E-state index in [1.165, 1.54) is 41.1 Å². The number of aromatic nitrogens is 1. The smallest absolute Gasteiger partial charge is 0.420 e. The molecule has 0 aliphatic rings. The third-order valence-corrected chi connectivity index (χ3v) is 5.59. The van der Waals surface area contributed by atoms with E-state index < -0.39 is 33.8 Å². The SMILES string of the molecule is COC(=O)NS(=O)(=O)c1ccc(NC(=O)Cn2ccc3ccc(C(F)(F)F)cc32)cc1. The second-order valence-electron chi connectivity index (χ2n) is 6.38. The fourth-order valence-electron chi connectivity index (χ4n) is 2.78. The zero-order valence-electron chi connectivity index (χ0n) is 15.9. The summed E-state index contributed by atoms with van der Waals surface area (Å²) in [4.78, 5) is 23.2. The van der Waals surface area contributed by atoms with Crippen molar-refractivity contribution in [3.05, 3.63) is 60.3 Å². The van der Waals surface area contributed by atoms with Gasteiger partial charge in [-0.1, -0.05) is 6.07 Å². The van der Waals surface area contributed by atoms with Gasteiger partial charge in [-0.25, -0.2) is 17.9 Å². The third kappa shape index (κ3) is 5.15. The number of carbonyl (C=O) groups excluding carboxylic acids is 2. The van der Waals surface area contributed by atoms with Gasteiger partial charge in [0, 0.05) is 17.4 Å². The molecule has 3 aromatic rings. The Morgan fingerprint density at radius 2 is 1.74 bits per heavy atom. The average Bonchev–Trinajstić information content (AvgIpc) is 3.09. The highest BCUT2D eigenvalue weighted by atomic mass is 32.2. The van der Waals surface area contributed by atoms with Crippen LogP contribution in [-0.4, -0.2) is 32.1 Å². The van der Waals surface area contributed by atoms with E-state index in [4.69, 9.17) is 0 Å². The second-order valence-corrected chi connectivity index (χ2v) is 8.07. The van der Waals surface area contributed by atoms with Gasteiger partial charge in [0.05, 0.1) is 17.6 Å². The summed E-state index contributed by atoms with van der Waals surface area (Å²) in [7, 11) is -3.12. The number of hydrogen-bond acceptors (Lipinski definition) is 5. The summed E-state index contributed by atoms with van der Waals surface area (Å²) in [5, 5.41) is 3.08. The summed E-state index contributed by atoms with van der Waals surface area (Å²) >= 11 is 0. The molecule has 0 unspecified atom stereocenters. The molecule has 2 N–H and O–H groups in total. The van der Waals surface area contributed by atoms with Crippen molar-refractivity contribution in [3.63, 3.8) is 0 Å². The first-order valence-corrected chi connectivity index (χ1v) is 10.1. The Hall–Kier alpha value is -3.54. The van der Waals surface area contributed by atoms with Crippen LogP contribution in [0.5, 0.6) is 0 Å². The second kappa shape index (κ2) is 8.30. The van der Waals surface area contributed by atoms with Crippen LogP contribution in [-0.2, 0) is 32.3 Å². The molecular weight excluding hydrogens is 439 g/mol. The van der Waals surface area contributed by atoms with Gasteiger partial charge < -0.3 is 14.6 Å². The fourth-order valence-corrected chi connectivity index (χ4v) is 3.70. The number of alkyl halides is 3. The number of sulfonamides is 1. The molecular formula is C19H16F3N3O5S. The Labute approximate surface area is 174 Å². The lowest BCUT2D eigenvalue weighted by Crippen LogP contribution is -2.30. The highest BCUT2D eigenvalue weighted by Crippen LogP contribution is 2.31. The summed E-state index contributed by atoms with van der Waals surface area (Å²) in [5.41, 5.74) is -0.313. The lowest BCUT2D eigenvalue weighted by atomic mass is 10.1. The van der Waals surface area contributed by atoms with Gasteiger partial charge in [-0.2, -0.15) is 13.2 Å². The minimum Gasteiger partial charge on any atom is -0.452 e. The first kappa shape index (κ1) is 22.2. The maximum Gasteiger partial charge on any atom is 0.420 e. The number of nitrogens with one attached hydrogen (secondary N) is 2. The fraction of sp³-hybridized carbons (Fsp3) is 0.158. The molecule has 0 saturated carbocycles. The molecule has 1 heterocycles. The number of halogens is 3. The standard InChI is InChI=1S/C19H16F3N3O5S/c1-30-18(27)24-31(28,29)15-6-4-14(5-7-15)23-17(26)11-25-9-8-12-2-3-13(10-16(12)25)19(20,21)22/h2-10H,11H2,1H3,(H,23,26)(H,24,27). The number of benzene rings is 2. The van der Waals surface area contributed by atoms with Crippen LogP contribution in [0.2, 0.25) is 0 Å². The van der Waals surface area contributed by atoms with Crippen molar-refractivity contribution in [2.75, 3.05) is 12.4 Å². The number of carbonyl (C=O) groups is 2. The lowest BCUT2D eigenvalue weighted by molar-refractivity contribution is -0.137. The Morgan fingerprint density at radius 1 is 1.06 bits per heavy atom. The predicted molar refractivity (Wildman–Crippen MR) is 105 cm³/mol. The van der Waals surface area contributed by atoms with Crippen LogP contribution in [0, 0.1) is 0 Å². The van der Waals surface area contributed by atoms with E-state index in [1.807, 2.05) is 0 Å². The number of rotatable bonds is 5. The Balaban J connectivity index is 1.72. The summed E-state index contributed by atoms with van der Waals surface area (Å²) in [6.45, 7) is -0.255. The number of methoxy groups -OCH3 is 1. The molecule has 0 fully saturated rings. The number of amides is 2. The Bertz CT molecular complexity index is 1230. The van der Waals surface area contributed by atoms with E-state index >= 15 is 0 Å². The molecule has 1 aromatic heterocycles. The predicted octanol–water partition coefficient (Wildman–Crippen LogP) is 3.34. The maximum atomic E-state index is 12.9. The molecule has 2 aromatic carbocycles. The van der Waals surface area contributed by atoms with Gasteiger partial charge in [0.15, 0.2) is 0 Å². The maximum absolute atomic E-state index is 12.9. The summed E-state index contributed by atoms with van der Waals surface area (Å²) < 4.78 is 70.1. The number of hydrogen-bond donors (Lipinski definition) is 2. The quantitative estimate of drug-likeness (QED) is 0.614. The first-order valence-electron chi connectivity index (χ1n) is 8.66. The number of anilines is 1. The first-order chi connectivity index (χ1) is 14.5. The van der Waals surface area contributed by atoms with Gasteiger partial charge in [-0.05, 0) is 47.9 Å². The zero-order valence-corrected chi connectivity index (χ0v) is 16.8. The number of nitrogens with zero attached hydrogens (tertiary/aromatic N) is 1. The molecule has 0 aliphatic heterocycles. The van der Waals surface area contributed by atoms with E-state index in [0.29, 0.717) is 5.39 Å². The van der Waals surface area contributed by atoms with Crippen LogP contribution in [0.3, 0.4) is 0 Å². The molecule has 12 heteroatoms. The third-order valence-electron chi connectivity index (χ3n) is 4.27. The largest absolute Gasteiger partial charge is 0.452 e. The van der Waals surface area contributed by atoms with Gasteiger partial charge >= 0.3 is 12.3 Å². The van der Waals surface area contributed by atoms with E-state index in [-0.39, 0.29) is 22.6 Å². The molecule has 2 amide bonds. The van der Waals surface area contributed by atoms with Crippen molar-refractivity contribution < 1.29 is 35.9 Å². The van der Waals surface area contributed by atoms with Crippen molar-refractivity contribution in [1.29, 1.82) is 0 Å². The summed E-state index contributed by atoms with van der Waals surface area (Å²) in [5.74, 6) is -0.529. The molecule has 0 saturated heterocycles. The number of ether oxygens (including phenoxy) is 1. The summed E-state index contributed by atoms with van der Waals surface area (Å²) in [6, 6.07) is 9.81. The van der Waals surface area contributed by atoms with Crippen molar-refractivity contribution in [3.8, 4) is 0 Å². The van der Waals surface area contributed by atoms with Crippen LogP contribution in [0.4, 0.5) is 23.7 Å².